The van der Waals surface area contributed by atoms with Crippen LogP contribution < -0.4 is 20.7 Å². The summed E-state index contributed by atoms with van der Waals surface area (Å²) in [5.41, 5.74) is 3.88. The number of aromatic nitrogens is 4. The number of primary sulfonamides is 1. The lowest BCUT2D eigenvalue weighted by atomic mass is 10.2. The second kappa shape index (κ2) is 10.1. The summed E-state index contributed by atoms with van der Waals surface area (Å²) in [5.74, 6) is 1.30. The van der Waals surface area contributed by atoms with Gasteiger partial charge in [-0.3, -0.25) is 0 Å². The zero-order chi connectivity index (χ0) is 26.9. The van der Waals surface area contributed by atoms with E-state index in [0.29, 0.717) is 29.9 Å². The highest BCUT2D eigenvalue weighted by Gasteiger charge is 2.13. The third-order valence-electron chi connectivity index (χ3n) is 5.99. The zero-order valence-electron chi connectivity index (χ0n) is 20.6. The number of anilines is 5. The number of rotatable bonds is 8. The molecule has 0 saturated carbocycles. The molecule has 0 atom stereocenters. The van der Waals surface area contributed by atoms with Crippen molar-refractivity contribution >= 4 is 50.1 Å². The summed E-state index contributed by atoms with van der Waals surface area (Å²) >= 11 is 0. The van der Waals surface area contributed by atoms with Gasteiger partial charge in [0.25, 0.3) is 0 Å². The second-order valence-electron chi connectivity index (χ2n) is 8.65. The summed E-state index contributed by atoms with van der Waals surface area (Å²) < 4.78 is 38.8. The minimum Gasteiger partial charge on any atom is -0.352 e. The van der Waals surface area contributed by atoms with Gasteiger partial charge in [0.05, 0.1) is 15.9 Å². The Kier molecular flexibility index (Phi) is 6.66. The minimum absolute atomic E-state index is 0.00997. The molecule has 2 heterocycles. The lowest BCUT2D eigenvalue weighted by Crippen LogP contribution is -2.13. The molecule has 0 bridgehead atoms. The highest BCUT2D eigenvalue weighted by Crippen LogP contribution is 2.28. The zero-order valence-corrected chi connectivity index (χ0v) is 21.4. The molecule has 0 fully saturated rings. The minimum atomic E-state index is -3.83. The van der Waals surface area contributed by atoms with E-state index in [4.69, 9.17) is 10.1 Å². The quantitative estimate of drug-likeness (QED) is 0.270. The van der Waals surface area contributed by atoms with Gasteiger partial charge in [0.15, 0.2) is 0 Å². The van der Waals surface area contributed by atoms with Crippen LogP contribution in [0.3, 0.4) is 0 Å². The Morgan fingerprint density at radius 1 is 1.03 bits per heavy atom. The molecule has 0 unspecified atom stereocenters. The summed E-state index contributed by atoms with van der Waals surface area (Å²) in [7, 11) is -0.0381. The van der Waals surface area contributed by atoms with Gasteiger partial charge in [-0.05, 0) is 60.2 Å². The molecule has 0 radical (unpaired) electrons. The van der Waals surface area contributed by atoms with E-state index in [9.17, 15) is 12.8 Å². The molecule has 0 aliphatic rings. The Morgan fingerprint density at radius 3 is 2.63 bits per heavy atom. The molecule has 0 amide bonds. The van der Waals surface area contributed by atoms with Crippen molar-refractivity contribution in [2.75, 3.05) is 22.6 Å². The molecule has 0 aliphatic heterocycles. The molecule has 38 heavy (non-hydrogen) atoms. The summed E-state index contributed by atoms with van der Waals surface area (Å²) in [4.78, 5) is 15.4. The van der Waals surface area contributed by atoms with Crippen LogP contribution in [0.1, 0.15) is 5.56 Å². The lowest BCUT2D eigenvalue weighted by molar-refractivity contribution is 0.598. The molecular formula is C26H25FN8O2S. The fraction of sp³-hybridized carbons (Fsp3) is 0.115. The lowest BCUT2D eigenvalue weighted by Gasteiger charge is -2.19. The Labute approximate surface area is 219 Å². The normalized spacial score (nSPS) is 11.5. The smallest absolute Gasteiger partial charge is 0.238 e. The van der Waals surface area contributed by atoms with Crippen molar-refractivity contribution in [3.8, 4) is 0 Å². The number of benzene rings is 3. The van der Waals surface area contributed by atoms with Crippen LogP contribution >= 0.6 is 0 Å². The Balaban J connectivity index is 1.35. The van der Waals surface area contributed by atoms with E-state index >= 15 is 0 Å². The van der Waals surface area contributed by atoms with Gasteiger partial charge in [0.1, 0.15) is 11.6 Å². The van der Waals surface area contributed by atoms with Crippen molar-refractivity contribution in [2.24, 2.45) is 12.2 Å². The molecule has 0 aliphatic carbocycles. The third kappa shape index (κ3) is 5.41. The molecule has 4 N–H and O–H groups in total. The Morgan fingerprint density at radius 2 is 1.84 bits per heavy atom. The highest BCUT2D eigenvalue weighted by atomic mass is 32.2. The van der Waals surface area contributed by atoms with Crippen LogP contribution in [0.25, 0.3) is 11.0 Å². The van der Waals surface area contributed by atoms with E-state index in [1.807, 2.05) is 47.8 Å². The number of nitrogens with two attached hydrogens (primary N) is 1. The molecule has 0 spiro atoms. The maximum Gasteiger partial charge on any atom is 0.238 e. The largest absolute Gasteiger partial charge is 0.352 e. The van der Waals surface area contributed by atoms with Gasteiger partial charge in [0, 0.05) is 38.2 Å². The van der Waals surface area contributed by atoms with E-state index in [1.165, 1.54) is 24.3 Å². The van der Waals surface area contributed by atoms with Gasteiger partial charge >= 0.3 is 0 Å². The first-order valence-electron chi connectivity index (χ1n) is 11.6. The van der Waals surface area contributed by atoms with Crippen LogP contribution in [-0.2, 0) is 23.6 Å². The fourth-order valence-electron chi connectivity index (χ4n) is 3.99. The standard InChI is InChI=1S/C26H25FN8O2S/c1-34(24-11-12-29-25(33-24)31-19-7-4-8-21(14-19)38(28,36)37)20-9-10-23-22(15-20)32-26(35(23)2)30-16-17-5-3-6-18(27)13-17/h3-15H,16H2,1-2H3,(H,30,32)(H2,28,36,37)(H,29,31,33). The van der Waals surface area contributed by atoms with Crippen molar-refractivity contribution in [1.29, 1.82) is 0 Å². The Hall–Kier alpha value is -4.55. The van der Waals surface area contributed by atoms with Gasteiger partial charge in [-0.15, -0.1) is 0 Å². The number of aryl methyl sites for hydroxylation is 1. The number of nitrogens with one attached hydrogen (secondary N) is 2. The number of sulfonamides is 1. The second-order valence-corrected chi connectivity index (χ2v) is 10.2. The molecule has 12 heteroatoms. The average Bonchev–Trinajstić information content (AvgIpc) is 3.21. The van der Waals surface area contributed by atoms with Crippen molar-refractivity contribution in [3.63, 3.8) is 0 Å². The van der Waals surface area contributed by atoms with E-state index in [1.54, 1.807) is 30.5 Å². The van der Waals surface area contributed by atoms with E-state index < -0.39 is 10.0 Å². The molecule has 5 aromatic rings. The number of imidazole rings is 1. The number of halogens is 1. The number of hydrogen-bond acceptors (Lipinski definition) is 8. The predicted octanol–water partition coefficient (Wildman–Crippen LogP) is 4.27. The first kappa shape index (κ1) is 25.1. The topological polar surface area (TPSA) is 131 Å². The van der Waals surface area contributed by atoms with Crippen molar-refractivity contribution in [2.45, 2.75) is 11.4 Å². The third-order valence-corrected chi connectivity index (χ3v) is 6.91. The summed E-state index contributed by atoms with van der Waals surface area (Å²) in [6, 6.07) is 20.2. The van der Waals surface area contributed by atoms with Gasteiger partial charge < -0.3 is 20.1 Å². The van der Waals surface area contributed by atoms with Crippen molar-refractivity contribution < 1.29 is 12.8 Å². The SMILES string of the molecule is CN(c1ccc2c(c1)nc(NCc1cccc(F)c1)n2C)c1ccnc(Nc2cccc(S(N)(=O)=O)c2)n1. The van der Waals surface area contributed by atoms with Crippen LogP contribution in [0.4, 0.5) is 33.5 Å². The van der Waals surface area contributed by atoms with E-state index in [-0.39, 0.29) is 10.7 Å². The van der Waals surface area contributed by atoms with Crippen LogP contribution in [0, 0.1) is 5.82 Å². The van der Waals surface area contributed by atoms with E-state index in [2.05, 4.69) is 20.6 Å². The van der Waals surface area contributed by atoms with Crippen LogP contribution in [0.5, 0.6) is 0 Å². The van der Waals surface area contributed by atoms with Gasteiger partial charge in [-0.1, -0.05) is 18.2 Å². The van der Waals surface area contributed by atoms with Crippen LogP contribution in [-0.4, -0.2) is 35.0 Å². The van der Waals surface area contributed by atoms with Gasteiger partial charge in [-0.25, -0.2) is 27.9 Å². The van der Waals surface area contributed by atoms with E-state index in [0.717, 1.165) is 22.3 Å². The average molecular weight is 533 g/mol. The monoisotopic (exact) mass is 532 g/mol. The molecule has 0 saturated heterocycles. The molecule has 3 aromatic carbocycles. The van der Waals surface area contributed by atoms with Crippen LogP contribution in [0.15, 0.2) is 83.9 Å². The van der Waals surface area contributed by atoms with Gasteiger partial charge in [0.2, 0.25) is 21.9 Å². The maximum absolute atomic E-state index is 13.5. The fourth-order valence-corrected chi connectivity index (χ4v) is 4.55. The predicted molar refractivity (Wildman–Crippen MR) is 146 cm³/mol. The first-order valence-corrected chi connectivity index (χ1v) is 13.1. The summed E-state index contributed by atoms with van der Waals surface area (Å²) in [6.07, 6.45) is 1.61. The summed E-state index contributed by atoms with van der Waals surface area (Å²) in [5, 5.41) is 11.5. The molecule has 2 aromatic heterocycles. The molecular weight excluding hydrogens is 507 g/mol. The molecule has 194 valence electrons. The highest BCUT2D eigenvalue weighted by molar-refractivity contribution is 7.89. The number of nitrogens with zero attached hydrogens (tertiary/aromatic N) is 5. The van der Waals surface area contributed by atoms with Crippen LogP contribution in [0.2, 0.25) is 0 Å². The van der Waals surface area contributed by atoms with Crippen molar-refractivity contribution in [1.82, 2.24) is 19.5 Å². The van der Waals surface area contributed by atoms with Gasteiger partial charge in [-0.2, -0.15) is 4.98 Å². The number of hydrogen-bond donors (Lipinski definition) is 3. The molecule has 5 rings (SSSR count). The first-order chi connectivity index (χ1) is 18.2. The maximum atomic E-state index is 13.5. The molecule has 10 nitrogen and oxygen atoms in total. The summed E-state index contributed by atoms with van der Waals surface area (Å²) in [6.45, 7) is 0.443. The number of fused-ring (bicyclic) bond motifs is 1. The van der Waals surface area contributed by atoms with Crippen molar-refractivity contribution in [3.05, 3.63) is 90.4 Å². The Bertz CT molecular complexity index is 1740.